The molecule has 27 heavy (non-hydrogen) atoms. The van der Waals surface area contributed by atoms with Gasteiger partial charge in [-0.05, 0) is 12.1 Å². The number of esters is 1. The van der Waals surface area contributed by atoms with Crippen molar-refractivity contribution in [3.8, 4) is 11.3 Å². The van der Waals surface area contributed by atoms with E-state index >= 15 is 0 Å². The van der Waals surface area contributed by atoms with Gasteiger partial charge >= 0.3 is 5.97 Å². The van der Waals surface area contributed by atoms with Gasteiger partial charge in [-0.15, -0.1) is 0 Å². The Labute approximate surface area is 161 Å². The largest absolute Gasteiger partial charge is 0.465 e. The van der Waals surface area contributed by atoms with Gasteiger partial charge in [-0.1, -0.05) is 59.4 Å². The first-order valence-electron chi connectivity index (χ1n) is 8.19. The van der Waals surface area contributed by atoms with E-state index < -0.39 is 0 Å². The molecule has 0 radical (unpaired) electrons. The molecule has 0 unspecified atom stereocenters. The lowest BCUT2D eigenvalue weighted by Crippen LogP contribution is -2.03. The average Bonchev–Trinajstić information content (AvgIpc) is 3.02. The smallest absolute Gasteiger partial charge is 0.339 e. The van der Waals surface area contributed by atoms with Crippen molar-refractivity contribution in [1.29, 1.82) is 0 Å². The van der Waals surface area contributed by atoms with Gasteiger partial charge in [-0.2, -0.15) is 5.10 Å². The van der Waals surface area contributed by atoms with E-state index in [1.165, 1.54) is 26.0 Å². The molecule has 0 bridgehead atoms. The van der Waals surface area contributed by atoms with Crippen molar-refractivity contribution >= 4 is 23.9 Å². The van der Waals surface area contributed by atoms with Crippen LogP contribution in [0.5, 0.6) is 0 Å². The van der Waals surface area contributed by atoms with Crippen LogP contribution in [0.4, 0.5) is 0 Å². The molecule has 138 valence electrons. The van der Waals surface area contributed by atoms with Gasteiger partial charge in [0.1, 0.15) is 17.8 Å². The predicted molar refractivity (Wildman–Crippen MR) is 105 cm³/mol. The lowest BCUT2D eigenvalue weighted by Gasteiger charge is -2.08. The second-order valence-corrected chi connectivity index (χ2v) is 6.59. The van der Waals surface area contributed by atoms with Crippen LogP contribution in [0.15, 0.2) is 69.7 Å². The Morgan fingerprint density at radius 3 is 2.52 bits per heavy atom. The first kappa shape index (κ1) is 18.7. The summed E-state index contributed by atoms with van der Waals surface area (Å²) in [6.45, 7) is 0. The minimum atomic E-state index is -0.379. The predicted octanol–water partition coefficient (Wildman–Crippen LogP) is 4.01. The zero-order valence-corrected chi connectivity index (χ0v) is 16.1. The second kappa shape index (κ2) is 8.55. The maximum atomic E-state index is 12.1. The number of aromatic nitrogens is 2. The number of methoxy groups -OCH3 is 1. The van der Waals surface area contributed by atoms with Crippen molar-refractivity contribution in [1.82, 2.24) is 9.78 Å². The van der Waals surface area contributed by atoms with E-state index in [0.717, 1.165) is 26.7 Å². The fourth-order valence-corrected chi connectivity index (χ4v) is 3.66. The number of ether oxygens (including phenoxy) is 1. The first-order valence-corrected chi connectivity index (χ1v) is 9.01. The van der Waals surface area contributed by atoms with Crippen LogP contribution < -0.4 is 0 Å². The summed E-state index contributed by atoms with van der Waals surface area (Å²) >= 11 is 1.43. The van der Waals surface area contributed by atoms with Gasteiger partial charge in [0.15, 0.2) is 0 Å². The number of hydrogen-bond acceptors (Lipinski definition) is 6. The van der Waals surface area contributed by atoms with Crippen LogP contribution in [0.2, 0.25) is 0 Å². The van der Waals surface area contributed by atoms with Crippen LogP contribution >= 0.6 is 11.8 Å². The minimum Gasteiger partial charge on any atom is -0.465 e. The molecule has 0 aliphatic carbocycles. The minimum absolute atomic E-state index is 0.379. The van der Waals surface area contributed by atoms with E-state index in [4.69, 9.17) is 9.57 Å². The molecule has 1 aromatic heterocycles. The Hall–Kier alpha value is -3.06. The Kier molecular flexibility index (Phi) is 5.93. The maximum absolute atomic E-state index is 12.1. The van der Waals surface area contributed by atoms with Crippen LogP contribution in [-0.2, 0) is 16.6 Å². The van der Waals surface area contributed by atoms with Gasteiger partial charge in [0.2, 0.25) is 0 Å². The van der Waals surface area contributed by atoms with Gasteiger partial charge in [0.05, 0.1) is 24.5 Å². The van der Waals surface area contributed by atoms with Crippen molar-refractivity contribution in [3.05, 3.63) is 65.7 Å². The SMILES string of the molecule is CO/N=C\c1c(-c2ccccc2)nn(C)c1Sc1ccccc1C(=O)OC. The van der Waals surface area contributed by atoms with Gasteiger partial charge < -0.3 is 9.57 Å². The van der Waals surface area contributed by atoms with Crippen LogP contribution in [-0.4, -0.2) is 36.2 Å². The quantitative estimate of drug-likeness (QED) is 0.367. The van der Waals surface area contributed by atoms with Crippen molar-refractivity contribution in [2.45, 2.75) is 9.92 Å². The normalized spacial score (nSPS) is 10.9. The number of hydrogen-bond donors (Lipinski definition) is 0. The van der Waals surface area contributed by atoms with Crippen LogP contribution in [0.25, 0.3) is 11.3 Å². The number of carbonyl (C=O) groups excluding carboxylic acids is 1. The van der Waals surface area contributed by atoms with E-state index in [1.54, 1.807) is 17.0 Å². The number of rotatable bonds is 6. The van der Waals surface area contributed by atoms with Gasteiger partial charge in [-0.25, -0.2) is 4.79 Å². The molecule has 6 nitrogen and oxygen atoms in total. The van der Waals surface area contributed by atoms with Gasteiger partial charge in [0, 0.05) is 17.5 Å². The molecular weight excluding hydrogens is 362 g/mol. The summed E-state index contributed by atoms with van der Waals surface area (Å²) in [4.78, 5) is 17.7. The van der Waals surface area contributed by atoms with Crippen molar-refractivity contribution in [3.63, 3.8) is 0 Å². The summed E-state index contributed by atoms with van der Waals surface area (Å²) in [5.41, 5.74) is 3.08. The molecule has 0 saturated heterocycles. The molecular formula is C20H19N3O3S. The third-order valence-electron chi connectivity index (χ3n) is 3.86. The topological polar surface area (TPSA) is 65.7 Å². The third kappa shape index (κ3) is 4.03. The fourth-order valence-electron chi connectivity index (χ4n) is 2.62. The number of nitrogens with zero attached hydrogens (tertiary/aromatic N) is 3. The van der Waals surface area contributed by atoms with E-state index in [0.29, 0.717) is 5.56 Å². The highest BCUT2D eigenvalue weighted by molar-refractivity contribution is 7.99. The van der Waals surface area contributed by atoms with E-state index in [2.05, 4.69) is 10.3 Å². The summed E-state index contributed by atoms with van der Waals surface area (Å²) in [6, 6.07) is 17.2. The Bertz CT molecular complexity index is 968. The maximum Gasteiger partial charge on any atom is 0.339 e. The molecule has 0 saturated carbocycles. The van der Waals surface area contributed by atoms with Crippen molar-refractivity contribution in [2.75, 3.05) is 14.2 Å². The summed E-state index contributed by atoms with van der Waals surface area (Å²) in [6.07, 6.45) is 1.64. The molecule has 0 amide bonds. The summed E-state index contributed by atoms with van der Waals surface area (Å²) in [7, 11) is 4.73. The standard InChI is InChI=1S/C20H19N3O3S/c1-23-19(27-17-12-8-7-11-15(17)20(24)25-2)16(13-21-26-3)18(22-23)14-9-5-4-6-10-14/h4-13H,1-3H3/b21-13-. The lowest BCUT2D eigenvalue weighted by atomic mass is 10.1. The van der Waals surface area contributed by atoms with Crippen molar-refractivity contribution < 1.29 is 14.4 Å². The first-order chi connectivity index (χ1) is 13.2. The average molecular weight is 381 g/mol. The van der Waals surface area contributed by atoms with Crippen LogP contribution in [0.1, 0.15) is 15.9 Å². The lowest BCUT2D eigenvalue weighted by molar-refractivity contribution is 0.0597. The molecule has 3 aromatic rings. The molecule has 0 fully saturated rings. The second-order valence-electron chi connectivity index (χ2n) is 5.56. The molecule has 7 heteroatoms. The zero-order valence-electron chi connectivity index (χ0n) is 15.2. The molecule has 3 rings (SSSR count). The van der Waals surface area contributed by atoms with Crippen molar-refractivity contribution in [2.24, 2.45) is 12.2 Å². The van der Waals surface area contributed by atoms with Gasteiger partial charge in [0.25, 0.3) is 0 Å². The van der Waals surface area contributed by atoms with E-state index in [-0.39, 0.29) is 5.97 Å². The highest BCUT2D eigenvalue weighted by Crippen LogP contribution is 2.36. The highest BCUT2D eigenvalue weighted by atomic mass is 32.2. The molecule has 0 atom stereocenters. The Morgan fingerprint density at radius 1 is 1.11 bits per heavy atom. The van der Waals surface area contributed by atoms with E-state index in [9.17, 15) is 4.79 Å². The molecule has 1 heterocycles. The number of oxime groups is 1. The van der Waals surface area contributed by atoms with Crippen LogP contribution in [0.3, 0.4) is 0 Å². The number of aryl methyl sites for hydroxylation is 1. The number of benzene rings is 2. The van der Waals surface area contributed by atoms with E-state index in [1.807, 2.05) is 55.6 Å². The highest BCUT2D eigenvalue weighted by Gasteiger charge is 2.20. The summed E-state index contributed by atoms with van der Waals surface area (Å²) < 4.78 is 6.67. The molecule has 2 aromatic carbocycles. The summed E-state index contributed by atoms with van der Waals surface area (Å²) in [5, 5.41) is 9.43. The molecule has 0 aliphatic heterocycles. The Morgan fingerprint density at radius 2 is 1.81 bits per heavy atom. The van der Waals surface area contributed by atoms with Crippen LogP contribution in [0, 0.1) is 0 Å². The molecule has 0 N–H and O–H groups in total. The molecule has 0 spiro atoms. The third-order valence-corrected chi connectivity index (χ3v) is 5.12. The number of carbonyl (C=O) groups is 1. The fraction of sp³-hybridized carbons (Fsp3) is 0.150. The van der Waals surface area contributed by atoms with Gasteiger partial charge in [-0.3, -0.25) is 4.68 Å². The monoisotopic (exact) mass is 381 g/mol. The molecule has 0 aliphatic rings. The summed E-state index contributed by atoms with van der Waals surface area (Å²) in [5.74, 6) is -0.379. The Balaban J connectivity index is 2.10. The zero-order chi connectivity index (χ0) is 19.2.